The predicted octanol–water partition coefficient (Wildman–Crippen LogP) is 1.61. The van der Waals surface area contributed by atoms with Gasteiger partial charge >= 0.3 is 0 Å². The van der Waals surface area contributed by atoms with Gasteiger partial charge in [0.05, 0.1) is 5.41 Å². The van der Waals surface area contributed by atoms with Gasteiger partial charge in [-0.1, -0.05) is 0 Å². The number of carbonyl (C=O) groups is 2. The van der Waals surface area contributed by atoms with Crippen molar-refractivity contribution in [1.82, 2.24) is 9.47 Å². The second-order valence-corrected chi connectivity index (χ2v) is 6.15. The Hall–Kier alpha value is -1.30. The zero-order valence-electron chi connectivity index (χ0n) is 11.1. The van der Waals surface area contributed by atoms with Gasteiger partial charge in [-0.3, -0.25) is 9.59 Å². The summed E-state index contributed by atoms with van der Waals surface area (Å²) < 4.78 is 2.78. The lowest BCUT2D eigenvalue weighted by Crippen LogP contribution is -2.39. The smallest absolute Gasteiger partial charge is 0.270 e. The Balaban J connectivity index is 2.20. The van der Waals surface area contributed by atoms with Gasteiger partial charge in [0.15, 0.2) is 0 Å². The largest absolute Gasteiger partial charge is 0.369 e. The van der Waals surface area contributed by atoms with Crippen LogP contribution >= 0.6 is 15.9 Å². The maximum absolute atomic E-state index is 12.5. The minimum Gasteiger partial charge on any atom is -0.369 e. The molecule has 19 heavy (non-hydrogen) atoms. The molecule has 0 radical (unpaired) electrons. The summed E-state index contributed by atoms with van der Waals surface area (Å²) in [5.41, 5.74) is 5.44. The van der Waals surface area contributed by atoms with Crippen molar-refractivity contribution in [3.63, 3.8) is 0 Å². The van der Waals surface area contributed by atoms with E-state index in [0.717, 1.165) is 11.0 Å². The first-order valence-corrected chi connectivity index (χ1v) is 7.11. The zero-order valence-corrected chi connectivity index (χ0v) is 12.7. The topological polar surface area (TPSA) is 68.3 Å². The van der Waals surface area contributed by atoms with Crippen molar-refractivity contribution in [2.45, 2.75) is 26.8 Å². The minimum atomic E-state index is -0.601. The molecule has 6 heteroatoms. The lowest BCUT2D eigenvalue weighted by molar-refractivity contribution is -0.126. The van der Waals surface area contributed by atoms with Crippen LogP contribution in [0.2, 0.25) is 0 Å². The van der Waals surface area contributed by atoms with E-state index in [0.29, 0.717) is 25.2 Å². The molecule has 1 aromatic rings. The number of carbonyl (C=O) groups excluding carboxylic acids is 2. The van der Waals surface area contributed by atoms with Crippen LogP contribution in [0.3, 0.4) is 0 Å². The number of halogens is 1. The van der Waals surface area contributed by atoms with Gasteiger partial charge in [0, 0.05) is 30.3 Å². The molecule has 1 aliphatic rings. The van der Waals surface area contributed by atoms with Crippen molar-refractivity contribution in [3.05, 3.63) is 22.4 Å². The number of primary amides is 1. The summed E-state index contributed by atoms with van der Waals surface area (Å²) in [5, 5.41) is 0. The normalized spacial score (nSPS) is 22.8. The monoisotopic (exact) mass is 327 g/mol. The molecule has 2 N–H and O–H groups in total. The highest BCUT2D eigenvalue weighted by molar-refractivity contribution is 9.10. The Kier molecular flexibility index (Phi) is 3.71. The van der Waals surface area contributed by atoms with Gasteiger partial charge in [-0.2, -0.15) is 0 Å². The summed E-state index contributed by atoms with van der Waals surface area (Å²) in [6.07, 6.45) is 2.51. The third-order valence-electron chi connectivity index (χ3n) is 3.78. The summed E-state index contributed by atoms with van der Waals surface area (Å²) in [6.45, 7) is 5.50. The molecule has 1 saturated heterocycles. The van der Waals surface area contributed by atoms with Gasteiger partial charge in [0.25, 0.3) is 5.91 Å². The van der Waals surface area contributed by atoms with Crippen LogP contribution in [0.4, 0.5) is 0 Å². The number of aryl methyl sites for hydroxylation is 1. The fraction of sp³-hybridized carbons (Fsp3) is 0.538. The third kappa shape index (κ3) is 2.54. The lowest BCUT2D eigenvalue weighted by atomic mass is 9.89. The fourth-order valence-corrected chi connectivity index (χ4v) is 2.88. The average molecular weight is 328 g/mol. The van der Waals surface area contributed by atoms with Crippen LogP contribution in [0, 0.1) is 5.41 Å². The van der Waals surface area contributed by atoms with Crippen LogP contribution < -0.4 is 5.73 Å². The molecule has 1 aromatic heterocycles. The van der Waals surface area contributed by atoms with Gasteiger partial charge < -0.3 is 15.2 Å². The van der Waals surface area contributed by atoms with Gasteiger partial charge in [0.1, 0.15) is 5.69 Å². The maximum Gasteiger partial charge on any atom is 0.270 e. The Morgan fingerprint density at radius 2 is 2.21 bits per heavy atom. The van der Waals surface area contributed by atoms with Crippen LogP contribution in [0.1, 0.15) is 30.8 Å². The number of amides is 2. The molecule has 5 nitrogen and oxygen atoms in total. The highest BCUT2D eigenvalue weighted by atomic mass is 79.9. The minimum absolute atomic E-state index is 0.0440. The highest BCUT2D eigenvalue weighted by Crippen LogP contribution is 2.30. The molecule has 1 unspecified atom stereocenters. The number of nitrogens with two attached hydrogens (primary N) is 1. The summed E-state index contributed by atoms with van der Waals surface area (Å²) in [6, 6.07) is 1.81. The number of nitrogens with zero attached hydrogens (tertiary/aromatic N) is 2. The molecule has 1 fully saturated rings. The van der Waals surface area contributed by atoms with E-state index in [4.69, 9.17) is 5.73 Å². The van der Waals surface area contributed by atoms with E-state index in [1.54, 1.807) is 4.90 Å². The average Bonchev–Trinajstić information content (AvgIpc) is 2.93. The van der Waals surface area contributed by atoms with Gasteiger partial charge in [-0.25, -0.2) is 0 Å². The van der Waals surface area contributed by atoms with Gasteiger partial charge in [0.2, 0.25) is 5.91 Å². The molecule has 0 aliphatic carbocycles. The van der Waals surface area contributed by atoms with Crippen molar-refractivity contribution < 1.29 is 9.59 Å². The first-order valence-electron chi connectivity index (χ1n) is 6.32. The second-order valence-electron chi connectivity index (χ2n) is 5.23. The molecule has 2 heterocycles. The number of hydrogen-bond donors (Lipinski definition) is 1. The number of hydrogen-bond acceptors (Lipinski definition) is 2. The molecule has 104 valence electrons. The van der Waals surface area contributed by atoms with Crippen molar-refractivity contribution in [1.29, 1.82) is 0 Å². The van der Waals surface area contributed by atoms with Crippen molar-refractivity contribution >= 4 is 27.7 Å². The van der Waals surface area contributed by atoms with Crippen LogP contribution in [-0.4, -0.2) is 34.4 Å². The van der Waals surface area contributed by atoms with Crippen LogP contribution in [-0.2, 0) is 11.3 Å². The van der Waals surface area contributed by atoms with Crippen LogP contribution in [0.5, 0.6) is 0 Å². The van der Waals surface area contributed by atoms with Crippen molar-refractivity contribution in [2.24, 2.45) is 11.1 Å². The maximum atomic E-state index is 12.5. The molecule has 0 spiro atoms. The highest BCUT2D eigenvalue weighted by Gasteiger charge is 2.41. The van der Waals surface area contributed by atoms with E-state index in [1.165, 1.54) is 0 Å². The quantitative estimate of drug-likeness (QED) is 0.916. The number of aromatic nitrogens is 1. The molecule has 0 saturated carbocycles. The first kappa shape index (κ1) is 14.1. The lowest BCUT2D eigenvalue weighted by Gasteiger charge is -2.21. The van der Waals surface area contributed by atoms with Crippen LogP contribution in [0.15, 0.2) is 16.7 Å². The fourth-order valence-electron chi connectivity index (χ4n) is 2.41. The molecule has 2 rings (SSSR count). The third-order valence-corrected chi connectivity index (χ3v) is 4.21. The van der Waals surface area contributed by atoms with Gasteiger partial charge in [-0.15, -0.1) is 0 Å². The SMILES string of the molecule is CCn1cc(Br)cc1C(=O)N1CCC(C)(C(N)=O)C1. The molecule has 0 bridgehead atoms. The van der Waals surface area contributed by atoms with E-state index < -0.39 is 5.41 Å². The molecular weight excluding hydrogens is 310 g/mol. The van der Waals surface area contributed by atoms with E-state index in [2.05, 4.69) is 15.9 Å². The summed E-state index contributed by atoms with van der Waals surface area (Å²) in [4.78, 5) is 25.6. The molecule has 1 atom stereocenters. The Labute approximate surface area is 120 Å². The summed E-state index contributed by atoms with van der Waals surface area (Å²) >= 11 is 3.38. The molecule has 0 aromatic carbocycles. The first-order chi connectivity index (χ1) is 8.87. The van der Waals surface area contributed by atoms with E-state index in [-0.39, 0.29) is 11.8 Å². The van der Waals surface area contributed by atoms with E-state index in [9.17, 15) is 9.59 Å². The predicted molar refractivity (Wildman–Crippen MR) is 75.6 cm³/mol. The Morgan fingerprint density at radius 3 is 2.74 bits per heavy atom. The van der Waals surface area contributed by atoms with E-state index in [1.807, 2.05) is 30.7 Å². The second kappa shape index (κ2) is 5.00. The summed E-state index contributed by atoms with van der Waals surface area (Å²) in [5.74, 6) is -0.382. The molecule has 2 amide bonds. The molecular formula is C13H18BrN3O2. The Bertz CT molecular complexity index is 526. The molecule has 1 aliphatic heterocycles. The van der Waals surface area contributed by atoms with Crippen LogP contribution in [0.25, 0.3) is 0 Å². The van der Waals surface area contributed by atoms with Crippen molar-refractivity contribution in [3.8, 4) is 0 Å². The number of rotatable bonds is 3. The van der Waals surface area contributed by atoms with Gasteiger partial charge in [-0.05, 0) is 42.3 Å². The van der Waals surface area contributed by atoms with E-state index >= 15 is 0 Å². The summed E-state index contributed by atoms with van der Waals surface area (Å²) in [7, 11) is 0. The zero-order chi connectivity index (χ0) is 14.2. The van der Waals surface area contributed by atoms with Crippen molar-refractivity contribution in [2.75, 3.05) is 13.1 Å². The Morgan fingerprint density at radius 1 is 1.53 bits per heavy atom. The number of likely N-dealkylation sites (tertiary alicyclic amines) is 1. The standard InChI is InChI=1S/C13H18BrN3O2/c1-3-16-7-9(14)6-10(16)11(18)17-5-4-13(2,8-17)12(15)19/h6-7H,3-5,8H2,1-2H3,(H2,15,19).